The van der Waals surface area contributed by atoms with Crippen molar-refractivity contribution < 1.29 is 23.8 Å². The van der Waals surface area contributed by atoms with Gasteiger partial charge in [-0.05, 0) is 50.5 Å². The van der Waals surface area contributed by atoms with Crippen molar-refractivity contribution in [3.05, 3.63) is 59.7 Å². The third kappa shape index (κ3) is 9.14. The van der Waals surface area contributed by atoms with E-state index in [1.54, 1.807) is 19.2 Å². The standard InChI is InChI=1S/C26H36N2O5/c1-26(2,3)25(30)33-18-21(14-19-8-6-5-7-9-19)17-28-24(29)16-20-10-11-22(32-13-12-27)23(15-20)31-4/h5-11,15,21H,12-14,16-18,27H2,1-4H3,(H,28,29). The minimum absolute atomic E-state index is 0.0378. The van der Waals surface area contributed by atoms with E-state index in [1.807, 2.05) is 57.2 Å². The molecule has 1 atom stereocenters. The Kier molecular flexibility index (Phi) is 10.2. The summed E-state index contributed by atoms with van der Waals surface area (Å²) in [6, 6.07) is 15.4. The van der Waals surface area contributed by atoms with Crippen LogP contribution in [0.15, 0.2) is 48.5 Å². The number of nitrogens with two attached hydrogens (primary N) is 1. The lowest BCUT2D eigenvalue weighted by Crippen LogP contribution is -2.35. The molecule has 7 heteroatoms. The molecule has 2 aromatic carbocycles. The molecule has 180 valence electrons. The Hall–Kier alpha value is -3.06. The van der Waals surface area contributed by atoms with E-state index in [9.17, 15) is 9.59 Å². The van der Waals surface area contributed by atoms with E-state index in [4.69, 9.17) is 19.9 Å². The van der Waals surface area contributed by atoms with Gasteiger partial charge in [0.1, 0.15) is 6.61 Å². The summed E-state index contributed by atoms with van der Waals surface area (Å²) in [5.41, 5.74) is 6.85. The maximum Gasteiger partial charge on any atom is 0.311 e. The Labute approximate surface area is 196 Å². The Morgan fingerprint density at radius 3 is 2.39 bits per heavy atom. The molecular weight excluding hydrogens is 420 g/mol. The van der Waals surface area contributed by atoms with E-state index in [0.29, 0.717) is 37.6 Å². The molecule has 0 fully saturated rings. The number of carbonyl (C=O) groups is 2. The topological polar surface area (TPSA) is 99.9 Å². The lowest BCUT2D eigenvalue weighted by molar-refractivity contribution is -0.154. The number of carbonyl (C=O) groups excluding carboxylic acids is 2. The third-order valence-corrected chi connectivity index (χ3v) is 4.99. The minimum Gasteiger partial charge on any atom is -0.493 e. The van der Waals surface area contributed by atoms with Gasteiger partial charge in [-0.15, -0.1) is 0 Å². The highest BCUT2D eigenvalue weighted by atomic mass is 16.5. The van der Waals surface area contributed by atoms with Gasteiger partial charge in [-0.3, -0.25) is 9.59 Å². The van der Waals surface area contributed by atoms with E-state index in [-0.39, 0.29) is 30.8 Å². The Bertz CT molecular complexity index is 893. The fourth-order valence-electron chi connectivity index (χ4n) is 3.16. The van der Waals surface area contributed by atoms with Gasteiger partial charge in [-0.1, -0.05) is 36.4 Å². The number of ether oxygens (including phenoxy) is 3. The number of hydrogen-bond donors (Lipinski definition) is 2. The zero-order chi connectivity index (χ0) is 24.3. The summed E-state index contributed by atoms with van der Waals surface area (Å²) in [7, 11) is 1.56. The molecular formula is C26H36N2O5. The first-order chi connectivity index (χ1) is 15.7. The SMILES string of the molecule is COc1cc(CC(=O)NCC(COC(=O)C(C)(C)C)Cc2ccccc2)ccc1OCCN. The molecule has 0 aliphatic rings. The second kappa shape index (κ2) is 12.8. The maximum absolute atomic E-state index is 12.6. The van der Waals surface area contributed by atoms with Crippen LogP contribution in [-0.2, 0) is 27.2 Å². The monoisotopic (exact) mass is 456 g/mol. The van der Waals surface area contributed by atoms with Gasteiger partial charge >= 0.3 is 5.97 Å². The molecule has 7 nitrogen and oxygen atoms in total. The van der Waals surface area contributed by atoms with Gasteiger partial charge in [-0.25, -0.2) is 0 Å². The van der Waals surface area contributed by atoms with Crippen molar-refractivity contribution in [2.24, 2.45) is 17.1 Å². The number of amides is 1. The number of esters is 1. The first-order valence-corrected chi connectivity index (χ1v) is 11.2. The molecule has 2 aromatic rings. The zero-order valence-corrected chi connectivity index (χ0v) is 20.1. The van der Waals surface area contributed by atoms with Crippen molar-refractivity contribution in [3.63, 3.8) is 0 Å². The summed E-state index contributed by atoms with van der Waals surface area (Å²) in [6.45, 7) is 6.91. The van der Waals surface area contributed by atoms with Crippen molar-refractivity contribution >= 4 is 11.9 Å². The molecule has 1 amide bonds. The average molecular weight is 457 g/mol. The Morgan fingerprint density at radius 1 is 1.03 bits per heavy atom. The van der Waals surface area contributed by atoms with E-state index < -0.39 is 5.41 Å². The van der Waals surface area contributed by atoms with Crippen LogP contribution < -0.4 is 20.5 Å². The van der Waals surface area contributed by atoms with Crippen molar-refractivity contribution in [2.75, 3.05) is 33.4 Å². The van der Waals surface area contributed by atoms with Gasteiger partial charge < -0.3 is 25.3 Å². The lowest BCUT2D eigenvalue weighted by Gasteiger charge is -2.22. The molecule has 0 bridgehead atoms. The van der Waals surface area contributed by atoms with Crippen LogP contribution in [0.4, 0.5) is 0 Å². The van der Waals surface area contributed by atoms with Crippen LogP contribution in [-0.4, -0.2) is 45.3 Å². The van der Waals surface area contributed by atoms with Crippen molar-refractivity contribution in [1.82, 2.24) is 5.32 Å². The van der Waals surface area contributed by atoms with Gasteiger partial charge in [0.15, 0.2) is 11.5 Å². The Balaban J connectivity index is 1.97. The number of benzene rings is 2. The number of methoxy groups -OCH3 is 1. The number of hydrogen-bond acceptors (Lipinski definition) is 6. The molecule has 0 saturated carbocycles. The van der Waals surface area contributed by atoms with Crippen LogP contribution in [0.1, 0.15) is 31.9 Å². The minimum atomic E-state index is -0.570. The molecule has 3 N–H and O–H groups in total. The smallest absolute Gasteiger partial charge is 0.311 e. The second-order valence-corrected chi connectivity index (χ2v) is 9.01. The fourth-order valence-corrected chi connectivity index (χ4v) is 3.16. The summed E-state index contributed by atoms with van der Waals surface area (Å²) < 4.78 is 16.5. The molecule has 0 aromatic heterocycles. The largest absolute Gasteiger partial charge is 0.493 e. The first kappa shape index (κ1) is 26.2. The van der Waals surface area contributed by atoms with E-state index in [1.165, 1.54) is 0 Å². The molecule has 33 heavy (non-hydrogen) atoms. The molecule has 0 aliphatic heterocycles. The molecule has 0 spiro atoms. The predicted octanol–water partition coefficient (Wildman–Crippen LogP) is 3.14. The number of nitrogens with one attached hydrogen (secondary N) is 1. The quantitative estimate of drug-likeness (QED) is 0.476. The van der Waals surface area contributed by atoms with Gasteiger partial charge in [-0.2, -0.15) is 0 Å². The Morgan fingerprint density at radius 2 is 1.76 bits per heavy atom. The van der Waals surface area contributed by atoms with Crippen LogP contribution in [0.3, 0.4) is 0 Å². The number of rotatable bonds is 12. The van der Waals surface area contributed by atoms with Crippen LogP contribution in [0.5, 0.6) is 11.5 Å². The molecule has 2 rings (SSSR count). The van der Waals surface area contributed by atoms with E-state index in [0.717, 1.165) is 11.1 Å². The summed E-state index contributed by atoms with van der Waals surface area (Å²) in [4.78, 5) is 24.8. The second-order valence-electron chi connectivity index (χ2n) is 9.01. The lowest BCUT2D eigenvalue weighted by atomic mass is 9.96. The highest BCUT2D eigenvalue weighted by Gasteiger charge is 2.24. The van der Waals surface area contributed by atoms with Gasteiger partial charge in [0.2, 0.25) is 5.91 Å². The average Bonchev–Trinajstić information content (AvgIpc) is 2.79. The fraction of sp³-hybridized carbons (Fsp3) is 0.462. The van der Waals surface area contributed by atoms with E-state index >= 15 is 0 Å². The highest BCUT2D eigenvalue weighted by Crippen LogP contribution is 2.28. The van der Waals surface area contributed by atoms with Crippen LogP contribution in [0.2, 0.25) is 0 Å². The molecule has 0 radical (unpaired) electrons. The molecule has 0 heterocycles. The van der Waals surface area contributed by atoms with Gasteiger partial charge in [0.25, 0.3) is 0 Å². The van der Waals surface area contributed by atoms with Crippen LogP contribution in [0, 0.1) is 11.3 Å². The normalized spacial score (nSPS) is 12.0. The first-order valence-electron chi connectivity index (χ1n) is 11.2. The molecule has 0 saturated heterocycles. The zero-order valence-electron chi connectivity index (χ0n) is 20.1. The van der Waals surface area contributed by atoms with Crippen LogP contribution in [0.25, 0.3) is 0 Å². The molecule has 0 aliphatic carbocycles. The third-order valence-electron chi connectivity index (χ3n) is 4.99. The van der Waals surface area contributed by atoms with Crippen molar-refractivity contribution in [2.45, 2.75) is 33.6 Å². The summed E-state index contributed by atoms with van der Waals surface area (Å²) in [5, 5.41) is 2.98. The van der Waals surface area contributed by atoms with Crippen molar-refractivity contribution in [3.8, 4) is 11.5 Å². The maximum atomic E-state index is 12.6. The summed E-state index contributed by atoms with van der Waals surface area (Å²) in [6.07, 6.45) is 0.896. The molecule has 1 unspecified atom stereocenters. The van der Waals surface area contributed by atoms with Crippen LogP contribution >= 0.6 is 0 Å². The summed E-state index contributed by atoms with van der Waals surface area (Å²) >= 11 is 0. The van der Waals surface area contributed by atoms with Gasteiger partial charge in [0, 0.05) is 19.0 Å². The highest BCUT2D eigenvalue weighted by molar-refractivity contribution is 5.79. The van der Waals surface area contributed by atoms with Crippen molar-refractivity contribution in [1.29, 1.82) is 0 Å². The van der Waals surface area contributed by atoms with E-state index in [2.05, 4.69) is 5.32 Å². The predicted molar refractivity (Wildman–Crippen MR) is 128 cm³/mol. The summed E-state index contributed by atoms with van der Waals surface area (Å²) in [5.74, 6) is 0.744. The van der Waals surface area contributed by atoms with Gasteiger partial charge in [0.05, 0.1) is 25.6 Å².